The lowest BCUT2D eigenvalue weighted by Gasteiger charge is -2.18. The highest BCUT2D eigenvalue weighted by atomic mass is 16.5. The molecular weight excluding hydrogens is 244 g/mol. The third kappa shape index (κ3) is 4.44. The van der Waals surface area contributed by atoms with Gasteiger partial charge < -0.3 is 20.1 Å². The third-order valence-electron chi connectivity index (χ3n) is 2.99. The van der Waals surface area contributed by atoms with Crippen LogP contribution in [0.15, 0.2) is 18.2 Å². The average molecular weight is 266 g/mol. The molecule has 5 nitrogen and oxygen atoms in total. The number of amides is 1. The molecule has 0 aliphatic rings. The van der Waals surface area contributed by atoms with Crippen molar-refractivity contribution in [2.24, 2.45) is 5.73 Å². The van der Waals surface area contributed by atoms with Crippen LogP contribution in [-0.2, 0) is 11.2 Å². The maximum absolute atomic E-state index is 11.6. The number of hydrogen-bond donors (Lipinski definition) is 1. The van der Waals surface area contributed by atoms with Crippen molar-refractivity contribution >= 4 is 5.91 Å². The Morgan fingerprint density at radius 1 is 1.32 bits per heavy atom. The molecule has 0 aromatic heterocycles. The minimum absolute atomic E-state index is 0.0596. The summed E-state index contributed by atoms with van der Waals surface area (Å²) < 4.78 is 10.5. The van der Waals surface area contributed by atoms with Gasteiger partial charge in [-0.1, -0.05) is 0 Å². The van der Waals surface area contributed by atoms with Crippen LogP contribution in [0.5, 0.6) is 11.5 Å². The molecule has 0 saturated heterocycles. The molecule has 1 aromatic rings. The number of rotatable bonds is 7. The Morgan fingerprint density at radius 3 is 2.63 bits per heavy atom. The zero-order valence-corrected chi connectivity index (χ0v) is 11.8. The predicted octanol–water partition coefficient (Wildman–Crippen LogP) is 1.05. The number of methoxy groups -OCH3 is 2. The molecule has 0 aliphatic heterocycles. The second-order valence-corrected chi connectivity index (χ2v) is 4.28. The van der Waals surface area contributed by atoms with Gasteiger partial charge in [0.05, 0.1) is 14.2 Å². The first-order chi connectivity index (χ1) is 9.12. The Balaban J connectivity index is 2.68. The van der Waals surface area contributed by atoms with E-state index >= 15 is 0 Å². The van der Waals surface area contributed by atoms with Gasteiger partial charge in [-0.05, 0) is 30.2 Å². The molecule has 0 fully saturated rings. The molecule has 0 radical (unpaired) electrons. The van der Waals surface area contributed by atoms with Crippen LogP contribution in [0.2, 0.25) is 0 Å². The largest absolute Gasteiger partial charge is 0.497 e. The molecule has 5 heteroatoms. The Kier molecular flexibility index (Phi) is 6.15. The summed E-state index contributed by atoms with van der Waals surface area (Å²) in [5.41, 5.74) is 6.40. The van der Waals surface area contributed by atoms with Crippen molar-refractivity contribution in [2.45, 2.75) is 12.8 Å². The van der Waals surface area contributed by atoms with Gasteiger partial charge in [0.25, 0.3) is 0 Å². The van der Waals surface area contributed by atoms with E-state index in [9.17, 15) is 4.79 Å². The molecule has 2 N–H and O–H groups in total. The molecule has 0 bridgehead atoms. The summed E-state index contributed by atoms with van der Waals surface area (Å²) in [4.78, 5) is 13.3. The topological polar surface area (TPSA) is 64.8 Å². The minimum Gasteiger partial charge on any atom is -0.497 e. The van der Waals surface area contributed by atoms with Crippen molar-refractivity contribution in [3.63, 3.8) is 0 Å². The van der Waals surface area contributed by atoms with Crippen molar-refractivity contribution in [2.75, 3.05) is 34.4 Å². The summed E-state index contributed by atoms with van der Waals surface area (Å²) in [6.07, 6.45) is 1.10. The predicted molar refractivity (Wildman–Crippen MR) is 74.6 cm³/mol. The molecule has 0 unspecified atom stereocenters. The second kappa shape index (κ2) is 7.63. The van der Waals surface area contributed by atoms with E-state index < -0.39 is 0 Å². The fraction of sp³-hybridized carbons (Fsp3) is 0.500. The Labute approximate surface area is 114 Å². The van der Waals surface area contributed by atoms with E-state index in [0.717, 1.165) is 17.1 Å². The van der Waals surface area contributed by atoms with Crippen LogP contribution in [0, 0.1) is 0 Å². The normalized spacial score (nSPS) is 10.1. The summed E-state index contributed by atoms with van der Waals surface area (Å²) in [5.74, 6) is 1.65. The van der Waals surface area contributed by atoms with Crippen molar-refractivity contribution in [3.05, 3.63) is 23.8 Å². The molecule has 19 heavy (non-hydrogen) atoms. The molecule has 0 aliphatic carbocycles. The van der Waals surface area contributed by atoms with Crippen LogP contribution in [0.4, 0.5) is 0 Å². The van der Waals surface area contributed by atoms with E-state index in [-0.39, 0.29) is 5.91 Å². The lowest BCUT2D eigenvalue weighted by atomic mass is 10.1. The van der Waals surface area contributed by atoms with Gasteiger partial charge in [0.15, 0.2) is 0 Å². The number of nitrogens with two attached hydrogens (primary N) is 1. The number of carbonyl (C=O) groups is 1. The van der Waals surface area contributed by atoms with E-state index in [2.05, 4.69) is 0 Å². The van der Waals surface area contributed by atoms with E-state index in [1.165, 1.54) is 0 Å². The molecule has 1 aromatic carbocycles. The molecular formula is C14H22N2O3. The van der Waals surface area contributed by atoms with Gasteiger partial charge in [-0.15, -0.1) is 0 Å². The lowest BCUT2D eigenvalue weighted by Crippen LogP contribution is -2.30. The molecule has 106 valence electrons. The highest BCUT2D eigenvalue weighted by molar-refractivity contribution is 5.76. The summed E-state index contributed by atoms with van der Waals surface area (Å²) in [6.45, 7) is 1.01. The van der Waals surface area contributed by atoms with Gasteiger partial charge >= 0.3 is 0 Å². The Hall–Kier alpha value is -1.75. The van der Waals surface area contributed by atoms with Crippen LogP contribution < -0.4 is 15.2 Å². The quantitative estimate of drug-likeness (QED) is 0.801. The van der Waals surface area contributed by atoms with E-state index in [0.29, 0.717) is 25.9 Å². The number of nitrogens with zero attached hydrogens (tertiary/aromatic N) is 1. The highest BCUT2D eigenvalue weighted by Crippen LogP contribution is 2.24. The van der Waals surface area contributed by atoms with Crippen LogP contribution in [0.3, 0.4) is 0 Å². The van der Waals surface area contributed by atoms with Crippen molar-refractivity contribution in [1.29, 1.82) is 0 Å². The van der Waals surface area contributed by atoms with Crippen LogP contribution in [0.25, 0.3) is 0 Å². The first-order valence-electron chi connectivity index (χ1n) is 6.27. The zero-order chi connectivity index (χ0) is 14.3. The fourth-order valence-corrected chi connectivity index (χ4v) is 1.80. The number of ether oxygens (including phenoxy) is 2. The molecule has 1 rings (SSSR count). The third-order valence-corrected chi connectivity index (χ3v) is 2.99. The molecule has 1 amide bonds. The zero-order valence-electron chi connectivity index (χ0n) is 11.8. The van der Waals surface area contributed by atoms with Crippen molar-refractivity contribution < 1.29 is 14.3 Å². The van der Waals surface area contributed by atoms with Gasteiger partial charge in [-0.25, -0.2) is 0 Å². The SMILES string of the molecule is COc1ccc(OC)c(CCN(C)C(=O)CCN)c1. The van der Waals surface area contributed by atoms with Crippen LogP contribution in [0.1, 0.15) is 12.0 Å². The van der Waals surface area contributed by atoms with Gasteiger partial charge in [-0.3, -0.25) is 4.79 Å². The number of benzene rings is 1. The molecule has 0 heterocycles. The fourth-order valence-electron chi connectivity index (χ4n) is 1.80. The van der Waals surface area contributed by atoms with E-state index in [1.54, 1.807) is 26.2 Å². The Morgan fingerprint density at radius 2 is 2.05 bits per heavy atom. The van der Waals surface area contributed by atoms with Gasteiger partial charge in [0.1, 0.15) is 11.5 Å². The summed E-state index contributed by atoms with van der Waals surface area (Å²) >= 11 is 0. The monoisotopic (exact) mass is 266 g/mol. The smallest absolute Gasteiger partial charge is 0.223 e. The summed E-state index contributed by atoms with van der Waals surface area (Å²) in [5, 5.41) is 0. The molecule has 0 spiro atoms. The average Bonchev–Trinajstić information content (AvgIpc) is 2.44. The summed E-state index contributed by atoms with van der Waals surface area (Å²) in [6, 6.07) is 5.65. The van der Waals surface area contributed by atoms with Gasteiger partial charge in [0.2, 0.25) is 5.91 Å². The second-order valence-electron chi connectivity index (χ2n) is 4.28. The molecule has 0 saturated carbocycles. The first-order valence-corrected chi connectivity index (χ1v) is 6.27. The Bertz CT molecular complexity index is 421. The van der Waals surface area contributed by atoms with Crippen molar-refractivity contribution in [3.8, 4) is 11.5 Å². The van der Waals surface area contributed by atoms with Gasteiger partial charge in [0, 0.05) is 26.6 Å². The number of likely N-dealkylation sites (N-methyl/N-ethyl adjacent to an activating group) is 1. The van der Waals surface area contributed by atoms with Gasteiger partial charge in [-0.2, -0.15) is 0 Å². The molecule has 0 atom stereocenters. The maximum atomic E-state index is 11.6. The standard InChI is InChI=1S/C14H22N2O3/c1-16(14(17)6-8-15)9-7-11-10-12(18-2)4-5-13(11)19-3/h4-5,10H,6-9,15H2,1-3H3. The van der Waals surface area contributed by atoms with E-state index in [4.69, 9.17) is 15.2 Å². The highest BCUT2D eigenvalue weighted by Gasteiger charge is 2.10. The summed E-state index contributed by atoms with van der Waals surface area (Å²) in [7, 11) is 5.04. The number of carbonyl (C=O) groups excluding carboxylic acids is 1. The van der Waals surface area contributed by atoms with E-state index in [1.807, 2.05) is 18.2 Å². The van der Waals surface area contributed by atoms with Crippen LogP contribution >= 0.6 is 0 Å². The lowest BCUT2D eigenvalue weighted by molar-refractivity contribution is -0.129. The van der Waals surface area contributed by atoms with Crippen LogP contribution in [-0.4, -0.2) is 45.2 Å². The minimum atomic E-state index is 0.0596. The van der Waals surface area contributed by atoms with Crippen molar-refractivity contribution in [1.82, 2.24) is 4.90 Å². The number of hydrogen-bond acceptors (Lipinski definition) is 4. The first kappa shape index (κ1) is 15.3. The maximum Gasteiger partial charge on any atom is 0.223 e.